The minimum absolute atomic E-state index is 0.705. The van der Waals surface area contributed by atoms with Crippen molar-refractivity contribution in [2.45, 2.75) is 0 Å². The van der Waals surface area contributed by atoms with Crippen LogP contribution >= 0.6 is 24.7 Å². The topological polar surface area (TPSA) is 12.4 Å². The first-order chi connectivity index (χ1) is 17.6. The molecule has 0 aliphatic rings. The summed E-state index contributed by atoms with van der Waals surface area (Å²) < 4.78 is 5.62. The Morgan fingerprint density at radius 2 is 0.861 bits per heavy atom. The molecule has 0 spiro atoms. The summed E-state index contributed by atoms with van der Waals surface area (Å²) in [7, 11) is -2.36. The predicted octanol–water partition coefficient (Wildman–Crippen LogP) is 7.91. The van der Waals surface area contributed by atoms with Crippen molar-refractivity contribution >= 4 is 63.4 Å². The molecule has 178 valence electrons. The Hall–Kier alpha value is -2.73. The average molecular weight is 542 g/mol. The van der Waals surface area contributed by atoms with Crippen LogP contribution in [0.5, 0.6) is 0 Å². The highest BCUT2D eigenvalue weighted by molar-refractivity contribution is 8.25. The molecule has 0 N–H and O–H groups in total. The average Bonchev–Trinajstić information content (AvgIpc) is 2.96. The summed E-state index contributed by atoms with van der Waals surface area (Å²) in [5, 5.41) is 5.60. The summed E-state index contributed by atoms with van der Waals surface area (Å²) in [5.74, 6) is 0.778. The molecule has 5 aromatic rings. The van der Waals surface area contributed by atoms with Crippen LogP contribution < -0.4 is 21.2 Å². The number of nitrogens with zero attached hydrogens (tertiary/aromatic N) is 1. The fraction of sp³-hybridized carbons (Fsp3) is 0.0323. The zero-order valence-corrected chi connectivity index (χ0v) is 23.1. The highest BCUT2D eigenvalue weighted by Crippen LogP contribution is 2.62. The normalized spacial score (nSPS) is 11.7. The van der Waals surface area contributed by atoms with Gasteiger partial charge in [-0.2, -0.15) is 0 Å². The lowest BCUT2D eigenvalue weighted by atomic mass is 10.3. The van der Waals surface area contributed by atoms with E-state index in [1.54, 1.807) is 0 Å². The fourth-order valence-corrected chi connectivity index (χ4v) is 16.0. The Bertz CT molecular complexity index is 1440. The highest BCUT2D eigenvalue weighted by Gasteiger charge is 2.34. The van der Waals surface area contributed by atoms with Gasteiger partial charge in [0.05, 0.1) is 5.69 Å². The van der Waals surface area contributed by atoms with E-state index in [4.69, 9.17) is 28.2 Å². The summed E-state index contributed by atoms with van der Waals surface area (Å²) in [4.78, 5) is 0. The summed E-state index contributed by atoms with van der Waals surface area (Å²) in [5.41, 5.74) is 0.920. The predicted molar refractivity (Wildman–Crippen MR) is 164 cm³/mol. The molecule has 5 rings (SSSR count). The molecule has 0 saturated heterocycles. The molecule has 5 heteroatoms. The van der Waals surface area contributed by atoms with E-state index in [0.717, 1.165) is 11.6 Å². The Kier molecular flexibility index (Phi) is 7.70. The van der Waals surface area contributed by atoms with Crippen molar-refractivity contribution in [1.82, 2.24) is 0 Å². The molecule has 0 radical (unpaired) electrons. The Morgan fingerprint density at radius 1 is 0.500 bits per heavy atom. The smallest absolute Gasteiger partial charge is 0.0622 e. The second-order valence-electron chi connectivity index (χ2n) is 8.57. The number of benzene rings is 5. The summed E-state index contributed by atoms with van der Waals surface area (Å²) in [6.45, 7) is 0. The molecule has 0 aliphatic carbocycles. The first-order valence-electron chi connectivity index (χ1n) is 11.8. The number of rotatable bonds is 7. The van der Waals surface area contributed by atoms with E-state index < -0.39 is 13.1 Å². The van der Waals surface area contributed by atoms with Crippen molar-refractivity contribution in [2.75, 3.05) is 5.90 Å². The summed E-state index contributed by atoms with van der Waals surface area (Å²) in [6, 6.07) is 48.3. The third-order valence-corrected chi connectivity index (χ3v) is 17.2. The minimum Gasteiger partial charge on any atom is -0.258 e. The van der Waals surface area contributed by atoms with Crippen LogP contribution in [0, 0.1) is 0 Å². The zero-order valence-electron chi connectivity index (χ0n) is 19.7. The van der Waals surface area contributed by atoms with E-state index in [0.29, 0.717) is 5.02 Å². The maximum Gasteiger partial charge on any atom is 0.0622 e. The van der Waals surface area contributed by atoms with E-state index in [9.17, 15) is 0 Å². The molecule has 0 fully saturated rings. The van der Waals surface area contributed by atoms with Gasteiger partial charge < -0.3 is 0 Å². The van der Waals surface area contributed by atoms with Crippen LogP contribution in [0.1, 0.15) is 0 Å². The lowest BCUT2D eigenvalue weighted by Crippen LogP contribution is -2.25. The molecule has 0 saturated carbocycles. The third kappa shape index (κ3) is 5.19. The molecule has 5 aromatic carbocycles. The van der Waals surface area contributed by atoms with Gasteiger partial charge in [0, 0.05) is 24.0 Å². The number of halogens is 1. The van der Waals surface area contributed by atoms with Gasteiger partial charge in [-0.1, -0.05) is 145 Å². The van der Waals surface area contributed by atoms with Crippen LogP contribution in [0.2, 0.25) is 5.02 Å². The lowest BCUT2D eigenvalue weighted by Gasteiger charge is -2.33. The van der Waals surface area contributed by atoms with Crippen molar-refractivity contribution in [3.8, 4) is 0 Å². The minimum atomic E-state index is -2.36. The van der Waals surface area contributed by atoms with Crippen LogP contribution in [0.15, 0.2) is 150 Å². The van der Waals surface area contributed by atoms with Crippen molar-refractivity contribution in [3.63, 3.8) is 0 Å². The van der Waals surface area contributed by atoms with Gasteiger partial charge in [-0.3, -0.25) is 4.74 Å². The molecule has 0 heterocycles. The van der Waals surface area contributed by atoms with Crippen LogP contribution in [-0.4, -0.2) is 5.90 Å². The van der Waals surface area contributed by atoms with Gasteiger partial charge in [-0.15, -0.1) is 0 Å². The largest absolute Gasteiger partial charge is 0.258 e. The molecule has 0 amide bonds. The van der Waals surface area contributed by atoms with Gasteiger partial charge in [-0.25, -0.2) is 0 Å². The van der Waals surface area contributed by atoms with Gasteiger partial charge in [0.1, 0.15) is 0 Å². The van der Waals surface area contributed by atoms with Gasteiger partial charge in [0.15, 0.2) is 0 Å². The first-order valence-corrected chi connectivity index (χ1v) is 17.1. The van der Waals surface area contributed by atoms with Gasteiger partial charge >= 0.3 is 0 Å². The van der Waals surface area contributed by atoms with E-state index >= 15 is 0 Å². The first kappa shape index (κ1) is 24.9. The maximum atomic E-state index is 6.78. The van der Waals surface area contributed by atoms with Crippen LogP contribution in [-0.2, 0) is 11.8 Å². The van der Waals surface area contributed by atoms with Crippen LogP contribution in [0.3, 0.4) is 0 Å². The molecule has 1 nitrogen and oxygen atoms in total. The van der Waals surface area contributed by atoms with E-state index in [1.807, 2.05) is 24.3 Å². The quantitative estimate of drug-likeness (QED) is 0.191. The van der Waals surface area contributed by atoms with Crippen LogP contribution in [0.25, 0.3) is 0 Å². The molecule has 0 aromatic heterocycles. The Labute approximate surface area is 223 Å². The van der Waals surface area contributed by atoms with Gasteiger partial charge in [-0.05, 0) is 45.5 Å². The van der Waals surface area contributed by atoms with Gasteiger partial charge in [0.25, 0.3) is 0 Å². The molecular formula is C31H26ClNP2S. The number of hydrogen-bond acceptors (Lipinski definition) is 2. The molecule has 0 atom stereocenters. The molecule has 0 bridgehead atoms. The Morgan fingerprint density at radius 3 is 1.25 bits per heavy atom. The second-order valence-corrected chi connectivity index (χ2v) is 17.3. The van der Waals surface area contributed by atoms with Crippen molar-refractivity contribution in [2.24, 2.45) is 4.74 Å². The zero-order chi connectivity index (χ0) is 24.8. The van der Waals surface area contributed by atoms with E-state index in [1.165, 1.54) is 21.2 Å². The lowest BCUT2D eigenvalue weighted by molar-refractivity contribution is 1.54. The second kappa shape index (κ2) is 11.1. The highest BCUT2D eigenvalue weighted by atomic mass is 35.5. The maximum absolute atomic E-state index is 6.78. The van der Waals surface area contributed by atoms with Crippen molar-refractivity contribution in [1.29, 1.82) is 0 Å². The number of hydrogen-bond donors (Lipinski definition) is 0. The van der Waals surface area contributed by atoms with E-state index in [2.05, 4.69) is 121 Å². The monoisotopic (exact) mass is 541 g/mol. The molecule has 36 heavy (non-hydrogen) atoms. The molecule has 0 aliphatic heterocycles. The van der Waals surface area contributed by atoms with Crippen LogP contribution in [0.4, 0.5) is 5.69 Å². The Balaban J connectivity index is 1.85. The van der Waals surface area contributed by atoms with Crippen molar-refractivity contribution < 1.29 is 0 Å². The summed E-state index contributed by atoms with van der Waals surface area (Å²) >= 11 is 13.0. The summed E-state index contributed by atoms with van der Waals surface area (Å²) in [6.07, 6.45) is 0. The third-order valence-electron chi connectivity index (χ3n) is 6.23. The van der Waals surface area contributed by atoms with Crippen molar-refractivity contribution in [3.05, 3.63) is 151 Å². The van der Waals surface area contributed by atoms with E-state index in [-0.39, 0.29) is 0 Å². The van der Waals surface area contributed by atoms with Gasteiger partial charge in [0.2, 0.25) is 0 Å². The molecular weight excluding hydrogens is 516 g/mol. The SMILES string of the molecule is S=P(CP(=Nc1ccc(Cl)cc1)(c1ccccc1)c1ccccc1)(c1ccccc1)c1ccccc1. The fourth-order valence-electron chi connectivity index (χ4n) is 4.45. The standard InChI is InChI=1S/C31H26ClNP2S/c32-26-21-23-27(24-22-26)33-34(28-13-5-1-6-14-28,29-15-7-2-8-16-29)25-35(36,30-17-9-3-10-18-30)31-19-11-4-12-20-31/h1-24H,25H2. The molecule has 0 unspecified atom stereocenters.